The Balaban J connectivity index is 2.44. The van der Waals surface area contributed by atoms with Gasteiger partial charge in [0, 0.05) is 26.9 Å². The Morgan fingerprint density at radius 2 is 2.00 bits per heavy atom. The van der Waals surface area contributed by atoms with Gasteiger partial charge in [-0.1, -0.05) is 0 Å². The lowest BCUT2D eigenvalue weighted by molar-refractivity contribution is -0.118. The topological polar surface area (TPSA) is 116 Å². The van der Waals surface area contributed by atoms with E-state index in [1.54, 1.807) is 7.05 Å². The zero-order chi connectivity index (χ0) is 14.2. The highest BCUT2D eigenvalue weighted by molar-refractivity contribution is 5.73. The minimum absolute atomic E-state index is 0.258. The number of aryl methyl sites for hydroxylation is 2. The molecule has 19 heavy (non-hydrogen) atoms. The zero-order valence-corrected chi connectivity index (χ0v) is 10.8. The number of carbonyl (C=O) groups is 1. The van der Waals surface area contributed by atoms with Crippen LogP contribution in [0, 0.1) is 0 Å². The first kappa shape index (κ1) is 13.1. The number of amides is 1. The average Bonchev–Trinajstić information content (AvgIpc) is 2.77. The van der Waals surface area contributed by atoms with Crippen molar-refractivity contribution in [1.82, 2.24) is 19.1 Å². The summed E-state index contributed by atoms with van der Waals surface area (Å²) in [4.78, 5) is 41.4. The van der Waals surface area contributed by atoms with E-state index in [4.69, 9.17) is 5.73 Å². The van der Waals surface area contributed by atoms with E-state index in [1.165, 1.54) is 11.6 Å². The van der Waals surface area contributed by atoms with Crippen molar-refractivity contribution in [2.45, 2.75) is 19.3 Å². The van der Waals surface area contributed by atoms with Gasteiger partial charge in [-0.2, -0.15) is 0 Å². The van der Waals surface area contributed by atoms with E-state index in [2.05, 4.69) is 9.97 Å². The van der Waals surface area contributed by atoms with Crippen LogP contribution < -0.4 is 17.0 Å². The second-order valence-corrected chi connectivity index (χ2v) is 4.41. The Bertz CT molecular complexity index is 752. The second kappa shape index (κ2) is 4.71. The van der Waals surface area contributed by atoms with E-state index in [9.17, 15) is 14.4 Å². The van der Waals surface area contributed by atoms with Crippen LogP contribution in [0.1, 0.15) is 18.7 Å². The summed E-state index contributed by atoms with van der Waals surface area (Å²) in [5.41, 5.74) is 4.83. The number of nitrogens with zero attached hydrogens (tertiary/aromatic N) is 3. The number of nitrogens with one attached hydrogen (secondary N) is 1. The molecule has 0 bridgehead atoms. The number of hydrogen-bond donors (Lipinski definition) is 2. The lowest BCUT2D eigenvalue weighted by atomic mass is 10.2. The molecule has 0 fully saturated rings. The Labute approximate surface area is 107 Å². The molecule has 1 amide bonds. The Morgan fingerprint density at radius 1 is 1.32 bits per heavy atom. The fourth-order valence-electron chi connectivity index (χ4n) is 1.92. The predicted octanol–water partition coefficient (Wildman–Crippen LogP) is -1.23. The molecule has 102 valence electrons. The number of hydrogen-bond acceptors (Lipinski definition) is 4. The number of H-pyrrole nitrogens is 1. The molecule has 2 heterocycles. The second-order valence-electron chi connectivity index (χ2n) is 4.41. The molecule has 3 N–H and O–H groups in total. The lowest BCUT2D eigenvalue weighted by Crippen LogP contribution is -2.36. The smallest absolute Gasteiger partial charge is 0.332 e. The maximum Gasteiger partial charge on any atom is 0.332 e. The number of primary amides is 1. The summed E-state index contributed by atoms with van der Waals surface area (Å²) in [6.45, 7) is 0. The van der Waals surface area contributed by atoms with Crippen molar-refractivity contribution >= 4 is 17.1 Å². The third-order valence-corrected chi connectivity index (χ3v) is 2.98. The number of fused-ring (bicyclic) bond motifs is 1. The van der Waals surface area contributed by atoms with Gasteiger partial charge in [-0.3, -0.25) is 18.7 Å². The Kier molecular flexibility index (Phi) is 3.24. The van der Waals surface area contributed by atoms with Crippen LogP contribution in [0.5, 0.6) is 0 Å². The molecule has 0 spiro atoms. The van der Waals surface area contributed by atoms with Gasteiger partial charge >= 0.3 is 5.69 Å². The molecule has 0 aliphatic carbocycles. The molecular formula is C11H15N5O3. The van der Waals surface area contributed by atoms with Gasteiger partial charge in [0.15, 0.2) is 5.65 Å². The fraction of sp³-hybridized carbons (Fsp3) is 0.455. The molecule has 0 aromatic carbocycles. The molecule has 2 rings (SSSR count). The highest BCUT2D eigenvalue weighted by Gasteiger charge is 2.13. The van der Waals surface area contributed by atoms with E-state index in [1.807, 2.05) is 0 Å². The molecule has 8 heteroatoms. The van der Waals surface area contributed by atoms with Crippen molar-refractivity contribution < 1.29 is 4.79 Å². The van der Waals surface area contributed by atoms with Crippen molar-refractivity contribution in [2.24, 2.45) is 19.8 Å². The highest BCUT2D eigenvalue weighted by Crippen LogP contribution is 2.06. The van der Waals surface area contributed by atoms with E-state index >= 15 is 0 Å². The Morgan fingerprint density at radius 3 is 2.63 bits per heavy atom. The summed E-state index contributed by atoms with van der Waals surface area (Å²) in [6, 6.07) is 0. The number of imidazole rings is 1. The van der Waals surface area contributed by atoms with Gasteiger partial charge < -0.3 is 10.7 Å². The summed E-state index contributed by atoms with van der Waals surface area (Å²) in [6.07, 6.45) is 1.30. The van der Waals surface area contributed by atoms with Gasteiger partial charge in [-0.25, -0.2) is 9.78 Å². The number of carbonyl (C=O) groups excluding carboxylic acids is 1. The number of rotatable bonds is 4. The lowest BCUT2D eigenvalue weighted by Gasteiger charge is -2.00. The third-order valence-electron chi connectivity index (χ3n) is 2.98. The molecule has 0 saturated carbocycles. The largest absolute Gasteiger partial charge is 0.370 e. The fourth-order valence-corrected chi connectivity index (χ4v) is 1.92. The number of aromatic amines is 1. The zero-order valence-electron chi connectivity index (χ0n) is 10.8. The van der Waals surface area contributed by atoms with Crippen molar-refractivity contribution in [2.75, 3.05) is 0 Å². The molecule has 0 aliphatic heterocycles. The minimum Gasteiger partial charge on any atom is -0.370 e. The summed E-state index contributed by atoms with van der Waals surface area (Å²) >= 11 is 0. The van der Waals surface area contributed by atoms with Gasteiger partial charge in [0.1, 0.15) is 11.3 Å². The van der Waals surface area contributed by atoms with Gasteiger partial charge in [-0.05, 0) is 6.42 Å². The molecule has 0 radical (unpaired) electrons. The molecule has 8 nitrogen and oxygen atoms in total. The molecule has 2 aromatic heterocycles. The van der Waals surface area contributed by atoms with Crippen molar-refractivity contribution in [3.63, 3.8) is 0 Å². The van der Waals surface area contributed by atoms with E-state index in [0.717, 1.165) is 4.57 Å². The number of nitrogens with two attached hydrogens (primary N) is 1. The van der Waals surface area contributed by atoms with Crippen molar-refractivity contribution in [3.05, 3.63) is 26.7 Å². The van der Waals surface area contributed by atoms with Gasteiger partial charge in [0.2, 0.25) is 5.91 Å². The summed E-state index contributed by atoms with van der Waals surface area (Å²) in [7, 11) is 2.97. The van der Waals surface area contributed by atoms with E-state index in [-0.39, 0.29) is 12.3 Å². The van der Waals surface area contributed by atoms with Gasteiger partial charge in [0.05, 0.1) is 0 Å². The van der Waals surface area contributed by atoms with Crippen LogP contribution in [-0.2, 0) is 25.3 Å². The van der Waals surface area contributed by atoms with Crippen LogP contribution in [0.2, 0.25) is 0 Å². The van der Waals surface area contributed by atoms with E-state index in [0.29, 0.717) is 29.8 Å². The van der Waals surface area contributed by atoms with Crippen molar-refractivity contribution in [3.8, 4) is 0 Å². The van der Waals surface area contributed by atoms with Crippen molar-refractivity contribution in [1.29, 1.82) is 0 Å². The van der Waals surface area contributed by atoms with Gasteiger partial charge in [0.25, 0.3) is 5.56 Å². The molecule has 0 aliphatic rings. The SMILES string of the molecule is Cn1c(=O)c2[nH]c(CCCC(N)=O)nc2n(C)c1=O. The quantitative estimate of drug-likeness (QED) is 0.719. The standard InChI is InChI=1S/C11H15N5O3/c1-15-9-8(10(18)16(2)11(15)19)13-7(14-9)5-3-4-6(12)17/h3-5H2,1-2H3,(H2,12,17)(H,13,14). The third kappa shape index (κ3) is 2.28. The van der Waals surface area contributed by atoms with Crippen LogP contribution in [0.15, 0.2) is 9.59 Å². The average molecular weight is 265 g/mol. The summed E-state index contributed by atoms with van der Waals surface area (Å²) in [5.74, 6) is 0.189. The first-order valence-electron chi connectivity index (χ1n) is 5.84. The molecular weight excluding hydrogens is 250 g/mol. The van der Waals surface area contributed by atoms with Crippen LogP contribution >= 0.6 is 0 Å². The Hall–Kier alpha value is -2.38. The molecule has 0 atom stereocenters. The van der Waals surface area contributed by atoms with Gasteiger partial charge in [-0.15, -0.1) is 0 Å². The monoisotopic (exact) mass is 265 g/mol. The molecule has 0 saturated heterocycles. The minimum atomic E-state index is -0.423. The molecule has 0 unspecified atom stereocenters. The first-order chi connectivity index (χ1) is 8.91. The maximum absolute atomic E-state index is 11.9. The maximum atomic E-state index is 11.9. The van der Waals surface area contributed by atoms with E-state index < -0.39 is 11.2 Å². The van der Waals surface area contributed by atoms with Crippen LogP contribution in [-0.4, -0.2) is 25.0 Å². The van der Waals surface area contributed by atoms with Crippen LogP contribution in [0.3, 0.4) is 0 Å². The van der Waals surface area contributed by atoms with Crippen LogP contribution in [0.4, 0.5) is 0 Å². The highest BCUT2D eigenvalue weighted by atomic mass is 16.2. The summed E-state index contributed by atoms with van der Waals surface area (Å²) in [5, 5.41) is 0. The molecule has 2 aromatic rings. The first-order valence-corrected chi connectivity index (χ1v) is 5.84. The summed E-state index contributed by atoms with van der Waals surface area (Å²) < 4.78 is 2.33. The number of aromatic nitrogens is 4. The van der Waals surface area contributed by atoms with Crippen LogP contribution in [0.25, 0.3) is 11.2 Å². The normalized spacial score (nSPS) is 11.1. The predicted molar refractivity (Wildman–Crippen MR) is 68.7 cm³/mol.